The number of ether oxygens (including phenoxy) is 1. The molecule has 0 fully saturated rings. The van der Waals surface area contributed by atoms with Crippen molar-refractivity contribution in [3.8, 4) is 23.3 Å². The molecule has 9 nitrogen and oxygen atoms in total. The Balaban J connectivity index is 2.40. The van der Waals surface area contributed by atoms with E-state index in [9.17, 15) is 30.4 Å². The van der Waals surface area contributed by atoms with E-state index >= 15 is 0 Å². The smallest absolute Gasteiger partial charge is 0.274 e. The topological polar surface area (TPSA) is 146 Å². The van der Waals surface area contributed by atoms with Gasteiger partial charge in [0.05, 0.1) is 18.1 Å². The minimum atomic E-state index is -0.789. The molecule has 1 amide bonds. The molecule has 26 heavy (non-hydrogen) atoms. The summed E-state index contributed by atoms with van der Waals surface area (Å²) in [6.07, 6.45) is 1.01. The molecule has 0 aliphatic heterocycles. The number of hydrogen-bond acceptors (Lipinski definition) is 7. The Morgan fingerprint density at radius 1 is 1.31 bits per heavy atom. The first kappa shape index (κ1) is 18.3. The lowest BCUT2D eigenvalue weighted by Crippen LogP contribution is -2.13. The van der Waals surface area contributed by atoms with Gasteiger partial charge in [0.1, 0.15) is 17.4 Å². The fourth-order valence-corrected chi connectivity index (χ4v) is 2.03. The van der Waals surface area contributed by atoms with Crippen LogP contribution in [0.4, 0.5) is 11.4 Å². The summed E-state index contributed by atoms with van der Waals surface area (Å²) in [7, 11) is 1.22. The Hall–Kier alpha value is -4.06. The van der Waals surface area contributed by atoms with E-state index in [1.54, 1.807) is 6.07 Å². The van der Waals surface area contributed by atoms with Crippen LogP contribution in [0.25, 0.3) is 6.08 Å². The maximum atomic E-state index is 12.2. The number of nitro benzene ring substituents is 1. The monoisotopic (exact) mass is 355 g/mol. The van der Waals surface area contributed by atoms with Gasteiger partial charge in [0.2, 0.25) is 0 Å². The van der Waals surface area contributed by atoms with Crippen LogP contribution < -0.4 is 10.1 Å². The van der Waals surface area contributed by atoms with Crippen molar-refractivity contribution in [3.63, 3.8) is 0 Å². The summed E-state index contributed by atoms with van der Waals surface area (Å²) in [4.78, 5) is 22.5. The number of nitrogens with zero attached hydrogens (tertiary/aromatic N) is 2. The third-order valence-corrected chi connectivity index (χ3v) is 3.31. The Kier molecular flexibility index (Phi) is 5.40. The van der Waals surface area contributed by atoms with Crippen molar-refractivity contribution in [3.05, 3.63) is 57.6 Å². The molecule has 0 aliphatic carbocycles. The predicted octanol–water partition coefficient (Wildman–Crippen LogP) is 2.56. The number of amides is 1. The van der Waals surface area contributed by atoms with E-state index in [0.29, 0.717) is 5.69 Å². The van der Waals surface area contributed by atoms with Crippen LogP contribution in [0.2, 0.25) is 0 Å². The number of carbonyl (C=O) groups is 1. The van der Waals surface area contributed by atoms with Gasteiger partial charge in [-0.15, -0.1) is 0 Å². The highest BCUT2D eigenvalue weighted by molar-refractivity contribution is 6.10. The first-order valence-electron chi connectivity index (χ1n) is 7.13. The van der Waals surface area contributed by atoms with E-state index in [1.807, 2.05) is 0 Å². The van der Waals surface area contributed by atoms with Crippen LogP contribution in [-0.2, 0) is 4.79 Å². The molecule has 0 heterocycles. The Labute approximate surface area is 147 Å². The second kappa shape index (κ2) is 7.67. The molecular weight excluding hydrogens is 342 g/mol. The van der Waals surface area contributed by atoms with Crippen molar-refractivity contribution >= 4 is 23.4 Å². The molecule has 0 spiro atoms. The van der Waals surface area contributed by atoms with Gasteiger partial charge in [0, 0.05) is 17.3 Å². The van der Waals surface area contributed by atoms with E-state index in [1.165, 1.54) is 31.4 Å². The van der Waals surface area contributed by atoms with Gasteiger partial charge in [-0.05, 0) is 30.3 Å². The predicted molar refractivity (Wildman–Crippen MR) is 91.6 cm³/mol. The second-order valence-electron chi connectivity index (χ2n) is 5.01. The average molecular weight is 355 g/mol. The van der Waals surface area contributed by atoms with E-state index in [4.69, 9.17) is 4.74 Å². The number of non-ortho nitro benzene ring substituents is 1. The number of benzene rings is 2. The summed E-state index contributed by atoms with van der Waals surface area (Å²) in [5, 5.41) is 41.9. The lowest BCUT2D eigenvalue weighted by Gasteiger charge is -2.08. The van der Waals surface area contributed by atoms with Gasteiger partial charge in [0.15, 0.2) is 11.5 Å². The number of phenols is 2. The highest BCUT2D eigenvalue weighted by atomic mass is 16.6. The summed E-state index contributed by atoms with van der Waals surface area (Å²) in [5.41, 5.74) is -0.554. The molecule has 3 N–H and O–H groups in total. The summed E-state index contributed by atoms with van der Waals surface area (Å²) in [6.45, 7) is 0. The standard InChI is InChI=1S/C17H13N3O6/c1-26-15-8-13(20(24)25)7-10(16(15)22)6-11(9-18)17(23)19-12-2-4-14(21)5-3-12/h2-8,21-22H,1H3,(H,19,23)/b11-6+. The SMILES string of the molecule is COc1cc([N+](=O)[O-])cc(/C=C(\C#N)C(=O)Nc2ccc(O)cc2)c1O. The van der Waals surface area contributed by atoms with Gasteiger partial charge in [-0.1, -0.05) is 0 Å². The van der Waals surface area contributed by atoms with E-state index < -0.39 is 22.2 Å². The molecule has 0 saturated carbocycles. The Bertz CT molecular complexity index is 929. The molecule has 2 aromatic rings. The molecule has 0 saturated heterocycles. The highest BCUT2D eigenvalue weighted by Gasteiger charge is 2.18. The number of nitriles is 1. The molecule has 0 bridgehead atoms. The molecule has 0 atom stereocenters. The van der Waals surface area contributed by atoms with Crippen LogP contribution in [0.3, 0.4) is 0 Å². The third-order valence-electron chi connectivity index (χ3n) is 3.31. The number of phenolic OH excluding ortho intramolecular Hbond substituents is 2. The van der Waals surface area contributed by atoms with E-state index in [-0.39, 0.29) is 22.7 Å². The van der Waals surface area contributed by atoms with Gasteiger partial charge in [0.25, 0.3) is 11.6 Å². The zero-order valence-electron chi connectivity index (χ0n) is 13.5. The molecule has 0 aromatic heterocycles. The second-order valence-corrected chi connectivity index (χ2v) is 5.01. The molecule has 132 valence electrons. The Morgan fingerprint density at radius 3 is 2.50 bits per heavy atom. The number of carbonyl (C=O) groups excluding carboxylic acids is 1. The van der Waals surface area contributed by atoms with Crippen LogP contribution in [0.5, 0.6) is 17.2 Å². The van der Waals surface area contributed by atoms with Gasteiger partial charge in [-0.25, -0.2) is 0 Å². The van der Waals surface area contributed by atoms with Crippen molar-refractivity contribution in [1.29, 1.82) is 5.26 Å². The fourth-order valence-electron chi connectivity index (χ4n) is 2.03. The number of anilines is 1. The van der Waals surface area contributed by atoms with Crippen LogP contribution >= 0.6 is 0 Å². The number of nitro groups is 1. The zero-order chi connectivity index (χ0) is 19.3. The number of methoxy groups -OCH3 is 1. The molecular formula is C17H13N3O6. The quantitative estimate of drug-likeness (QED) is 0.245. The van der Waals surface area contributed by atoms with Crippen molar-refractivity contribution in [2.75, 3.05) is 12.4 Å². The molecule has 2 aromatic carbocycles. The number of hydrogen-bond donors (Lipinski definition) is 3. The number of nitrogens with one attached hydrogen (secondary N) is 1. The molecule has 9 heteroatoms. The average Bonchev–Trinajstić information content (AvgIpc) is 2.62. The van der Waals surface area contributed by atoms with Crippen molar-refractivity contribution in [2.24, 2.45) is 0 Å². The first-order chi connectivity index (χ1) is 12.3. The van der Waals surface area contributed by atoms with Gasteiger partial charge in [-0.2, -0.15) is 5.26 Å². The number of rotatable bonds is 5. The normalized spacial score (nSPS) is 10.7. The van der Waals surface area contributed by atoms with E-state index in [2.05, 4.69) is 5.32 Å². The summed E-state index contributed by atoms with van der Waals surface area (Å²) < 4.78 is 4.87. The summed E-state index contributed by atoms with van der Waals surface area (Å²) in [6, 6.07) is 9.27. The minimum absolute atomic E-state index is 0.00709. The van der Waals surface area contributed by atoms with Crippen LogP contribution in [0.15, 0.2) is 42.0 Å². The highest BCUT2D eigenvalue weighted by Crippen LogP contribution is 2.35. The van der Waals surface area contributed by atoms with Gasteiger partial charge < -0.3 is 20.3 Å². The van der Waals surface area contributed by atoms with Crippen molar-refractivity contribution < 1.29 is 24.7 Å². The van der Waals surface area contributed by atoms with Gasteiger partial charge >= 0.3 is 0 Å². The maximum absolute atomic E-state index is 12.2. The Morgan fingerprint density at radius 2 is 1.96 bits per heavy atom. The lowest BCUT2D eigenvalue weighted by molar-refractivity contribution is -0.385. The van der Waals surface area contributed by atoms with Crippen LogP contribution in [0.1, 0.15) is 5.56 Å². The summed E-state index contributed by atoms with van der Waals surface area (Å²) >= 11 is 0. The minimum Gasteiger partial charge on any atom is -0.508 e. The molecule has 0 aliphatic rings. The first-order valence-corrected chi connectivity index (χ1v) is 7.13. The van der Waals surface area contributed by atoms with Crippen LogP contribution in [-0.4, -0.2) is 28.2 Å². The van der Waals surface area contributed by atoms with Gasteiger partial charge in [-0.3, -0.25) is 14.9 Å². The number of aromatic hydroxyl groups is 2. The third kappa shape index (κ3) is 4.07. The van der Waals surface area contributed by atoms with Crippen LogP contribution in [0, 0.1) is 21.4 Å². The maximum Gasteiger partial charge on any atom is 0.274 e. The fraction of sp³-hybridized carbons (Fsp3) is 0.0588. The van der Waals surface area contributed by atoms with Crippen molar-refractivity contribution in [2.45, 2.75) is 0 Å². The summed E-state index contributed by atoms with van der Waals surface area (Å²) in [5.74, 6) is -1.39. The lowest BCUT2D eigenvalue weighted by atomic mass is 10.1. The largest absolute Gasteiger partial charge is 0.508 e. The molecule has 0 radical (unpaired) electrons. The molecule has 2 rings (SSSR count). The molecule has 0 unspecified atom stereocenters. The van der Waals surface area contributed by atoms with Crippen molar-refractivity contribution in [1.82, 2.24) is 0 Å². The zero-order valence-corrected chi connectivity index (χ0v) is 13.5. The van der Waals surface area contributed by atoms with E-state index in [0.717, 1.165) is 18.2 Å².